The highest BCUT2D eigenvalue weighted by molar-refractivity contribution is 5.15. The number of hydrogen-bond acceptors (Lipinski definition) is 3. The Morgan fingerprint density at radius 3 is 2.17 bits per heavy atom. The molecule has 0 radical (unpaired) electrons. The number of hydrogen-bond donors (Lipinski definition) is 3. The Kier molecular flexibility index (Phi) is 5.32. The van der Waals surface area contributed by atoms with Crippen LogP contribution in [-0.4, -0.2) is 33.6 Å². The quantitative estimate of drug-likeness (QED) is 0.625. The first-order valence-electron chi connectivity index (χ1n) is 6.38. The molecule has 0 aromatic heterocycles. The predicted octanol–water partition coefficient (Wildman–Crippen LogP) is 1.95. The maximum Gasteiger partial charge on any atom is 0.0778 e. The molecule has 1 fully saturated rings. The van der Waals surface area contributed by atoms with E-state index in [0.717, 1.165) is 11.1 Å². The normalized spacial score (nSPS) is 35.3. The molecule has 1 aliphatic carbocycles. The van der Waals surface area contributed by atoms with Crippen molar-refractivity contribution in [1.82, 2.24) is 0 Å². The van der Waals surface area contributed by atoms with E-state index in [1.807, 2.05) is 6.92 Å². The standard InChI is InChI=1S/C15H24O3/c1-9(2)12-7-14(17)10(3)5-6-13(16)11(4)15(18)8-12/h12-18H,1,3-8H2,2H3/t12-,13+,14-,15+/m1/s1. The Balaban J connectivity index is 2.89. The van der Waals surface area contributed by atoms with Crippen molar-refractivity contribution in [2.75, 3.05) is 0 Å². The molecule has 18 heavy (non-hydrogen) atoms. The van der Waals surface area contributed by atoms with E-state index in [1.165, 1.54) is 0 Å². The molecule has 0 aliphatic heterocycles. The minimum atomic E-state index is -0.750. The first-order valence-corrected chi connectivity index (χ1v) is 6.38. The molecule has 0 amide bonds. The zero-order valence-electron chi connectivity index (χ0n) is 11.1. The third kappa shape index (κ3) is 3.80. The molecule has 102 valence electrons. The molecule has 0 saturated heterocycles. The number of allylic oxidation sites excluding steroid dienone is 1. The number of aliphatic hydroxyl groups is 3. The molecule has 3 N–H and O–H groups in total. The summed E-state index contributed by atoms with van der Waals surface area (Å²) in [5, 5.41) is 30.0. The first-order chi connectivity index (χ1) is 8.32. The van der Waals surface area contributed by atoms with Gasteiger partial charge in [0.05, 0.1) is 18.3 Å². The zero-order chi connectivity index (χ0) is 13.9. The van der Waals surface area contributed by atoms with Crippen LogP contribution in [0.2, 0.25) is 0 Å². The van der Waals surface area contributed by atoms with E-state index < -0.39 is 18.3 Å². The predicted molar refractivity (Wildman–Crippen MR) is 73.1 cm³/mol. The minimum Gasteiger partial charge on any atom is -0.389 e. The summed E-state index contributed by atoms with van der Waals surface area (Å²) in [7, 11) is 0. The minimum absolute atomic E-state index is 0.00815. The summed E-state index contributed by atoms with van der Waals surface area (Å²) >= 11 is 0. The van der Waals surface area contributed by atoms with E-state index in [-0.39, 0.29) is 5.92 Å². The SMILES string of the molecule is C=C(C)[C@@H]1C[C@@H](O)C(=C)CC[C@H](O)C(=C)[C@@H](O)C1. The third-order valence-corrected chi connectivity index (χ3v) is 3.78. The van der Waals surface area contributed by atoms with Crippen LogP contribution in [0, 0.1) is 5.92 Å². The van der Waals surface area contributed by atoms with Crippen molar-refractivity contribution in [3.05, 3.63) is 36.5 Å². The van der Waals surface area contributed by atoms with Gasteiger partial charge in [0.2, 0.25) is 0 Å². The molecule has 4 atom stereocenters. The van der Waals surface area contributed by atoms with Crippen molar-refractivity contribution in [3.8, 4) is 0 Å². The van der Waals surface area contributed by atoms with Crippen molar-refractivity contribution in [2.24, 2.45) is 5.92 Å². The summed E-state index contributed by atoms with van der Waals surface area (Å²) in [4.78, 5) is 0. The summed E-state index contributed by atoms with van der Waals surface area (Å²) in [5.74, 6) is 0.00815. The van der Waals surface area contributed by atoms with Gasteiger partial charge < -0.3 is 15.3 Å². The van der Waals surface area contributed by atoms with Gasteiger partial charge in [-0.1, -0.05) is 25.3 Å². The van der Waals surface area contributed by atoms with Crippen molar-refractivity contribution in [1.29, 1.82) is 0 Å². The lowest BCUT2D eigenvalue weighted by Crippen LogP contribution is -2.28. The molecule has 0 bridgehead atoms. The van der Waals surface area contributed by atoms with Crippen molar-refractivity contribution in [3.63, 3.8) is 0 Å². The molecule has 3 heteroatoms. The Morgan fingerprint density at radius 1 is 1.06 bits per heavy atom. The second kappa shape index (κ2) is 6.32. The van der Waals surface area contributed by atoms with Crippen molar-refractivity contribution >= 4 is 0 Å². The highest BCUT2D eigenvalue weighted by Crippen LogP contribution is 2.29. The fourth-order valence-corrected chi connectivity index (χ4v) is 2.25. The molecule has 1 aliphatic rings. The average molecular weight is 252 g/mol. The monoisotopic (exact) mass is 252 g/mol. The lowest BCUT2D eigenvalue weighted by atomic mass is 9.82. The molecule has 0 aromatic rings. The largest absolute Gasteiger partial charge is 0.389 e. The van der Waals surface area contributed by atoms with Gasteiger partial charge in [-0.2, -0.15) is 0 Å². The van der Waals surface area contributed by atoms with Gasteiger partial charge in [-0.15, -0.1) is 0 Å². The molecule has 3 nitrogen and oxygen atoms in total. The maximum atomic E-state index is 10.0. The lowest BCUT2D eigenvalue weighted by Gasteiger charge is -2.29. The van der Waals surface area contributed by atoms with Crippen molar-refractivity contribution < 1.29 is 15.3 Å². The lowest BCUT2D eigenvalue weighted by molar-refractivity contribution is 0.104. The van der Waals surface area contributed by atoms with Gasteiger partial charge >= 0.3 is 0 Å². The summed E-state index contributed by atoms with van der Waals surface area (Å²) in [6, 6.07) is 0. The topological polar surface area (TPSA) is 60.7 Å². The summed E-state index contributed by atoms with van der Waals surface area (Å²) in [5.41, 5.74) is 2.10. The fraction of sp³-hybridized carbons (Fsp3) is 0.600. The smallest absolute Gasteiger partial charge is 0.0778 e. The molecule has 0 spiro atoms. The van der Waals surface area contributed by atoms with Crippen LogP contribution >= 0.6 is 0 Å². The highest BCUT2D eigenvalue weighted by Gasteiger charge is 2.26. The average Bonchev–Trinajstić information content (AvgIpc) is 2.31. The van der Waals surface area contributed by atoms with E-state index in [9.17, 15) is 15.3 Å². The first kappa shape index (κ1) is 15.2. The van der Waals surface area contributed by atoms with Gasteiger partial charge in [-0.3, -0.25) is 0 Å². The Hall–Kier alpha value is -0.900. The van der Waals surface area contributed by atoms with E-state index in [2.05, 4.69) is 19.7 Å². The van der Waals surface area contributed by atoms with Crippen LogP contribution in [-0.2, 0) is 0 Å². The third-order valence-electron chi connectivity index (χ3n) is 3.78. The highest BCUT2D eigenvalue weighted by atomic mass is 16.3. The zero-order valence-corrected chi connectivity index (χ0v) is 11.1. The van der Waals surface area contributed by atoms with Crippen LogP contribution in [0.15, 0.2) is 36.5 Å². The Labute approximate surface area is 109 Å². The van der Waals surface area contributed by atoms with E-state index in [4.69, 9.17) is 0 Å². The summed E-state index contributed by atoms with van der Waals surface area (Å²) < 4.78 is 0. The molecular formula is C15H24O3. The van der Waals surface area contributed by atoms with Crippen LogP contribution < -0.4 is 0 Å². The van der Waals surface area contributed by atoms with Gasteiger partial charge in [0.15, 0.2) is 0 Å². The van der Waals surface area contributed by atoms with Gasteiger partial charge in [0, 0.05) is 0 Å². The summed E-state index contributed by atoms with van der Waals surface area (Å²) in [6.07, 6.45) is -0.143. The van der Waals surface area contributed by atoms with Gasteiger partial charge in [-0.25, -0.2) is 0 Å². The molecule has 1 rings (SSSR count). The van der Waals surface area contributed by atoms with Crippen LogP contribution in [0.5, 0.6) is 0 Å². The Morgan fingerprint density at radius 2 is 1.61 bits per heavy atom. The van der Waals surface area contributed by atoms with Gasteiger partial charge in [0.25, 0.3) is 0 Å². The van der Waals surface area contributed by atoms with E-state index >= 15 is 0 Å². The molecule has 0 aromatic carbocycles. The second-order valence-corrected chi connectivity index (χ2v) is 5.33. The van der Waals surface area contributed by atoms with Gasteiger partial charge in [0.1, 0.15) is 0 Å². The molecule has 1 saturated carbocycles. The second-order valence-electron chi connectivity index (χ2n) is 5.33. The van der Waals surface area contributed by atoms with Gasteiger partial charge in [-0.05, 0) is 49.7 Å². The number of rotatable bonds is 1. The molecule has 0 unspecified atom stereocenters. The van der Waals surface area contributed by atoms with Crippen LogP contribution in [0.25, 0.3) is 0 Å². The van der Waals surface area contributed by atoms with Crippen molar-refractivity contribution in [2.45, 2.75) is 50.9 Å². The van der Waals surface area contributed by atoms with Crippen LogP contribution in [0.4, 0.5) is 0 Å². The summed E-state index contributed by atoms with van der Waals surface area (Å²) in [6.45, 7) is 13.4. The van der Waals surface area contributed by atoms with Crippen LogP contribution in [0.1, 0.15) is 32.6 Å². The van der Waals surface area contributed by atoms with E-state index in [0.29, 0.717) is 31.3 Å². The fourth-order valence-electron chi connectivity index (χ4n) is 2.25. The number of aliphatic hydroxyl groups excluding tert-OH is 3. The van der Waals surface area contributed by atoms with Crippen LogP contribution in [0.3, 0.4) is 0 Å². The van der Waals surface area contributed by atoms with E-state index in [1.54, 1.807) is 0 Å². The molecular weight excluding hydrogens is 228 g/mol. The Bertz CT molecular complexity index is 346. The molecule has 0 heterocycles. The maximum absolute atomic E-state index is 10.0.